The third-order valence-electron chi connectivity index (χ3n) is 4.50. The van der Waals surface area contributed by atoms with Gasteiger partial charge >= 0.3 is 0 Å². The third-order valence-corrected chi connectivity index (χ3v) is 4.50. The predicted molar refractivity (Wildman–Crippen MR) is 93.3 cm³/mol. The second-order valence-electron chi connectivity index (χ2n) is 6.12. The van der Waals surface area contributed by atoms with E-state index in [1.165, 1.54) is 12.1 Å². The molecule has 0 radical (unpaired) electrons. The van der Waals surface area contributed by atoms with Crippen molar-refractivity contribution in [3.05, 3.63) is 30.1 Å². The summed E-state index contributed by atoms with van der Waals surface area (Å²) in [6, 6.07) is 6.10. The molecule has 0 spiro atoms. The van der Waals surface area contributed by atoms with Gasteiger partial charge < -0.3 is 19.9 Å². The molecule has 3 rings (SSSR count). The molecule has 6 nitrogen and oxygen atoms in total. The van der Waals surface area contributed by atoms with Crippen molar-refractivity contribution in [2.45, 2.75) is 18.9 Å². The number of ether oxygens (including phenoxy) is 1. The summed E-state index contributed by atoms with van der Waals surface area (Å²) in [6.07, 6.45) is 1.76. The molecule has 2 heterocycles. The Hall–Kier alpha value is -1.86. The largest absolute Gasteiger partial charge is 0.481 e. The van der Waals surface area contributed by atoms with Gasteiger partial charge in [-0.2, -0.15) is 0 Å². The normalized spacial score (nSPS) is 20.8. The van der Waals surface area contributed by atoms with Gasteiger partial charge in [0.2, 0.25) is 5.91 Å². The van der Waals surface area contributed by atoms with Gasteiger partial charge in [0.25, 0.3) is 5.91 Å². The van der Waals surface area contributed by atoms with E-state index in [0.717, 1.165) is 19.4 Å². The summed E-state index contributed by atoms with van der Waals surface area (Å²) >= 11 is 0. The number of likely N-dealkylation sites (tertiary alicyclic amines) is 1. The summed E-state index contributed by atoms with van der Waals surface area (Å²) in [7, 11) is 0. The molecule has 1 aromatic rings. The number of rotatable bonds is 4. The number of benzene rings is 1. The molecule has 25 heavy (non-hydrogen) atoms. The molecule has 2 aliphatic heterocycles. The highest BCUT2D eigenvalue weighted by molar-refractivity contribution is 5.85. The highest BCUT2D eigenvalue weighted by Crippen LogP contribution is 2.19. The minimum atomic E-state index is -0.478. The molecule has 2 saturated heterocycles. The summed E-state index contributed by atoms with van der Waals surface area (Å²) in [5, 5.41) is 3.05. The number of amides is 2. The van der Waals surface area contributed by atoms with Crippen molar-refractivity contribution in [1.29, 1.82) is 0 Å². The summed E-state index contributed by atoms with van der Waals surface area (Å²) in [5.74, 6) is -0.487. The first-order valence-corrected chi connectivity index (χ1v) is 8.30. The second kappa shape index (κ2) is 9.01. The lowest BCUT2D eigenvalue weighted by Gasteiger charge is -2.41. The van der Waals surface area contributed by atoms with Crippen LogP contribution in [-0.2, 0) is 9.59 Å². The monoisotopic (exact) mass is 371 g/mol. The fourth-order valence-electron chi connectivity index (χ4n) is 3.24. The third kappa shape index (κ3) is 4.83. The smallest absolute Gasteiger partial charge is 0.260 e. The van der Waals surface area contributed by atoms with Gasteiger partial charge in [0.1, 0.15) is 0 Å². The summed E-state index contributed by atoms with van der Waals surface area (Å²) < 4.78 is 18.8. The molecule has 138 valence electrons. The van der Waals surface area contributed by atoms with Gasteiger partial charge in [0, 0.05) is 32.2 Å². The lowest BCUT2D eigenvalue weighted by atomic mass is 10.0. The number of piperidine rings is 1. The quantitative estimate of drug-likeness (QED) is 0.859. The van der Waals surface area contributed by atoms with Gasteiger partial charge in [-0.1, -0.05) is 12.1 Å². The SMILES string of the molecule is Cl.O=C(COc1ccccc1F)N1CCCC(N2CCNCC2=O)C1. The molecule has 2 amide bonds. The molecule has 1 unspecified atom stereocenters. The van der Waals surface area contributed by atoms with Crippen LogP contribution in [0.15, 0.2) is 24.3 Å². The van der Waals surface area contributed by atoms with Crippen LogP contribution in [0, 0.1) is 5.82 Å². The van der Waals surface area contributed by atoms with Gasteiger partial charge in [-0.25, -0.2) is 4.39 Å². The van der Waals surface area contributed by atoms with Crippen molar-refractivity contribution in [3.8, 4) is 5.75 Å². The molecule has 0 aromatic heterocycles. The molecule has 1 N–H and O–H groups in total. The number of carbonyl (C=O) groups is 2. The fourth-order valence-corrected chi connectivity index (χ4v) is 3.24. The van der Waals surface area contributed by atoms with Gasteiger partial charge in [0.05, 0.1) is 6.54 Å². The molecule has 2 fully saturated rings. The predicted octanol–water partition coefficient (Wildman–Crippen LogP) is 1.05. The molecule has 0 saturated carbocycles. The number of nitrogens with zero attached hydrogens (tertiary/aromatic N) is 2. The first-order chi connectivity index (χ1) is 11.6. The van der Waals surface area contributed by atoms with E-state index in [1.807, 2.05) is 4.90 Å². The lowest BCUT2D eigenvalue weighted by Crippen LogP contribution is -2.57. The van der Waals surface area contributed by atoms with Crippen LogP contribution in [0.4, 0.5) is 4.39 Å². The van der Waals surface area contributed by atoms with Crippen LogP contribution in [0.25, 0.3) is 0 Å². The van der Waals surface area contributed by atoms with Crippen LogP contribution in [0.1, 0.15) is 12.8 Å². The van der Waals surface area contributed by atoms with E-state index in [4.69, 9.17) is 4.74 Å². The van der Waals surface area contributed by atoms with Crippen LogP contribution in [0.3, 0.4) is 0 Å². The standard InChI is InChI=1S/C17H22FN3O3.ClH/c18-14-5-1-2-6-15(14)24-12-17(23)20-8-3-4-13(11-20)21-9-7-19-10-16(21)22;/h1-2,5-6,13,19H,3-4,7-12H2;1H. The minimum absolute atomic E-state index is 0. The van der Waals surface area contributed by atoms with Gasteiger partial charge in [-0.15, -0.1) is 12.4 Å². The van der Waals surface area contributed by atoms with Crippen LogP contribution < -0.4 is 10.1 Å². The van der Waals surface area contributed by atoms with Crippen LogP contribution in [-0.4, -0.2) is 67.0 Å². The molecular formula is C17H23ClFN3O3. The number of hydrogen-bond donors (Lipinski definition) is 1. The van der Waals surface area contributed by atoms with Crippen molar-refractivity contribution in [2.24, 2.45) is 0 Å². The first-order valence-electron chi connectivity index (χ1n) is 8.30. The molecule has 8 heteroatoms. The number of nitrogens with one attached hydrogen (secondary N) is 1. The van der Waals surface area contributed by atoms with Crippen molar-refractivity contribution in [1.82, 2.24) is 15.1 Å². The number of piperazine rings is 1. The number of para-hydroxylation sites is 1. The van der Waals surface area contributed by atoms with Crippen LogP contribution >= 0.6 is 12.4 Å². The Balaban J connectivity index is 0.00000225. The van der Waals surface area contributed by atoms with E-state index in [9.17, 15) is 14.0 Å². The van der Waals surface area contributed by atoms with Gasteiger partial charge in [-0.05, 0) is 25.0 Å². The molecule has 2 aliphatic rings. The van der Waals surface area contributed by atoms with E-state index < -0.39 is 5.82 Å². The second-order valence-corrected chi connectivity index (χ2v) is 6.12. The van der Waals surface area contributed by atoms with Crippen LogP contribution in [0.5, 0.6) is 5.75 Å². The van der Waals surface area contributed by atoms with Gasteiger partial charge in [0.15, 0.2) is 18.2 Å². The average Bonchev–Trinajstić information content (AvgIpc) is 2.61. The maximum absolute atomic E-state index is 13.5. The van der Waals surface area contributed by atoms with Crippen molar-refractivity contribution >= 4 is 24.2 Å². The summed E-state index contributed by atoms with van der Waals surface area (Å²) in [6.45, 7) is 2.80. The molecule has 0 aliphatic carbocycles. The number of carbonyl (C=O) groups excluding carboxylic acids is 2. The Morgan fingerprint density at radius 1 is 1.32 bits per heavy atom. The number of halogens is 2. The molecule has 1 aromatic carbocycles. The Kier molecular flexibility index (Phi) is 7.01. The maximum atomic E-state index is 13.5. The number of hydrogen-bond acceptors (Lipinski definition) is 4. The first kappa shape index (κ1) is 19.5. The fraction of sp³-hybridized carbons (Fsp3) is 0.529. The van der Waals surface area contributed by atoms with E-state index in [0.29, 0.717) is 26.2 Å². The van der Waals surface area contributed by atoms with E-state index in [-0.39, 0.29) is 42.6 Å². The molecular weight excluding hydrogens is 349 g/mol. The van der Waals surface area contributed by atoms with Crippen molar-refractivity contribution < 1.29 is 18.7 Å². The summed E-state index contributed by atoms with van der Waals surface area (Å²) in [5.41, 5.74) is 0. The molecule has 1 atom stereocenters. The van der Waals surface area contributed by atoms with Gasteiger partial charge in [-0.3, -0.25) is 9.59 Å². The maximum Gasteiger partial charge on any atom is 0.260 e. The lowest BCUT2D eigenvalue weighted by molar-refractivity contribution is -0.141. The van der Waals surface area contributed by atoms with E-state index in [2.05, 4.69) is 5.32 Å². The highest BCUT2D eigenvalue weighted by Gasteiger charge is 2.31. The highest BCUT2D eigenvalue weighted by atomic mass is 35.5. The Morgan fingerprint density at radius 3 is 2.88 bits per heavy atom. The van der Waals surface area contributed by atoms with E-state index in [1.54, 1.807) is 17.0 Å². The van der Waals surface area contributed by atoms with Crippen molar-refractivity contribution in [3.63, 3.8) is 0 Å². The van der Waals surface area contributed by atoms with Crippen molar-refractivity contribution in [2.75, 3.05) is 39.3 Å². The minimum Gasteiger partial charge on any atom is -0.481 e. The Labute approximate surface area is 152 Å². The Bertz CT molecular complexity index is 617. The average molecular weight is 372 g/mol. The topological polar surface area (TPSA) is 61.9 Å². The Morgan fingerprint density at radius 2 is 2.12 bits per heavy atom. The zero-order chi connectivity index (χ0) is 16.9. The van der Waals surface area contributed by atoms with Crippen LogP contribution in [0.2, 0.25) is 0 Å². The zero-order valence-corrected chi connectivity index (χ0v) is 14.8. The van der Waals surface area contributed by atoms with E-state index >= 15 is 0 Å². The molecule has 0 bridgehead atoms. The zero-order valence-electron chi connectivity index (χ0n) is 13.9. The summed E-state index contributed by atoms with van der Waals surface area (Å²) in [4.78, 5) is 27.9.